The van der Waals surface area contributed by atoms with E-state index in [-0.39, 0.29) is 6.04 Å². The minimum atomic E-state index is -0.0262. The Balaban J connectivity index is 2.09. The molecule has 1 aromatic carbocycles. The Morgan fingerprint density at radius 2 is 2.00 bits per heavy atom. The van der Waals surface area contributed by atoms with Crippen molar-refractivity contribution in [1.82, 2.24) is 9.88 Å². The van der Waals surface area contributed by atoms with Gasteiger partial charge in [0.25, 0.3) is 0 Å². The predicted octanol–water partition coefficient (Wildman–Crippen LogP) is 2.89. The van der Waals surface area contributed by atoms with Crippen LogP contribution in [-0.4, -0.2) is 28.5 Å². The van der Waals surface area contributed by atoms with Crippen LogP contribution in [0.2, 0.25) is 0 Å². The van der Waals surface area contributed by atoms with Crippen LogP contribution in [0.5, 0.6) is 0 Å². The van der Waals surface area contributed by atoms with E-state index in [0.29, 0.717) is 4.99 Å². The lowest BCUT2D eigenvalue weighted by molar-refractivity contribution is 0.305. The fraction of sp³-hybridized carbons (Fsp3) is 0.294. The number of nitrogens with zero attached hydrogens (tertiary/aromatic N) is 2. The molecule has 21 heavy (non-hydrogen) atoms. The van der Waals surface area contributed by atoms with E-state index in [1.165, 1.54) is 11.1 Å². The van der Waals surface area contributed by atoms with Gasteiger partial charge in [-0.3, -0.25) is 9.88 Å². The summed E-state index contributed by atoms with van der Waals surface area (Å²) in [7, 11) is 2.06. The number of pyridine rings is 1. The molecule has 1 unspecified atom stereocenters. The van der Waals surface area contributed by atoms with Gasteiger partial charge in [0, 0.05) is 18.9 Å². The van der Waals surface area contributed by atoms with Gasteiger partial charge in [-0.1, -0.05) is 42.0 Å². The average Bonchev–Trinajstić information content (AvgIpc) is 2.46. The number of hydrogen-bond donors (Lipinski definition) is 1. The number of nitrogens with two attached hydrogens (primary N) is 1. The van der Waals surface area contributed by atoms with Crippen molar-refractivity contribution in [3.8, 4) is 0 Å². The van der Waals surface area contributed by atoms with Crippen LogP contribution in [0.4, 0.5) is 0 Å². The van der Waals surface area contributed by atoms with Crippen molar-refractivity contribution in [2.45, 2.75) is 19.4 Å². The molecule has 0 aliphatic rings. The first-order chi connectivity index (χ1) is 10.1. The lowest BCUT2D eigenvalue weighted by Crippen LogP contribution is -2.35. The molecule has 0 saturated carbocycles. The number of aromatic nitrogens is 1. The second-order valence-electron chi connectivity index (χ2n) is 5.31. The number of rotatable bonds is 6. The SMILES string of the molecule is Cc1cccc(C(C(N)=S)N(C)CCc2ccncc2)c1. The molecule has 110 valence electrons. The molecule has 0 aliphatic carbocycles. The number of benzene rings is 1. The fourth-order valence-corrected chi connectivity index (χ4v) is 2.78. The first-order valence-corrected chi connectivity index (χ1v) is 7.44. The molecule has 3 nitrogen and oxygen atoms in total. The molecule has 0 spiro atoms. The topological polar surface area (TPSA) is 42.1 Å². The zero-order chi connectivity index (χ0) is 15.2. The van der Waals surface area contributed by atoms with E-state index in [1.54, 1.807) is 0 Å². The lowest BCUT2D eigenvalue weighted by atomic mass is 10.0. The quantitative estimate of drug-likeness (QED) is 0.833. The average molecular weight is 299 g/mol. The molecule has 0 aliphatic heterocycles. The van der Waals surface area contributed by atoms with Gasteiger partial charge in [-0.05, 0) is 43.7 Å². The molecule has 2 N–H and O–H groups in total. The Hall–Kier alpha value is -1.78. The van der Waals surface area contributed by atoms with Crippen molar-refractivity contribution in [3.05, 3.63) is 65.5 Å². The van der Waals surface area contributed by atoms with Crippen molar-refractivity contribution < 1.29 is 0 Å². The summed E-state index contributed by atoms with van der Waals surface area (Å²) >= 11 is 5.28. The molecule has 2 aromatic rings. The smallest absolute Gasteiger partial charge is 0.0948 e. The normalized spacial score (nSPS) is 12.3. The summed E-state index contributed by atoms with van der Waals surface area (Å²) in [6.07, 6.45) is 4.59. The first-order valence-electron chi connectivity index (χ1n) is 7.03. The third-order valence-electron chi connectivity index (χ3n) is 3.57. The van der Waals surface area contributed by atoms with Gasteiger partial charge in [0.15, 0.2) is 0 Å². The molecule has 2 rings (SSSR count). The highest BCUT2D eigenvalue weighted by Gasteiger charge is 2.19. The van der Waals surface area contributed by atoms with E-state index < -0.39 is 0 Å². The number of aryl methyl sites for hydroxylation is 1. The number of likely N-dealkylation sites (N-methyl/N-ethyl adjacent to an activating group) is 1. The highest BCUT2D eigenvalue weighted by atomic mass is 32.1. The van der Waals surface area contributed by atoms with Gasteiger partial charge < -0.3 is 5.73 Å². The summed E-state index contributed by atoms with van der Waals surface area (Å²) in [5.41, 5.74) is 9.61. The van der Waals surface area contributed by atoms with E-state index in [2.05, 4.69) is 42.1 Å². The van der Waals surface area contributed by atoms with E-state index in [0.717, 1.165) is 18.5 Å². The molecule has 0 amide bonds. The Kier molecular flexibility index (Phi) is 5.42. The molecule has 0 radical (unpaired) electrons. The summed E-state index contributed by atoms with van der Waals surface area (Å²) in [6.45, 7) is 2.97. The van der Waals surface area contributed by atoms with Gasteiger partial charge in [-0.2, -0.15) is 0 Å². The molecule has 0 fully saturated rings. The van der Waals surface area contributed by atoms with Gasteiger partial charge in [-0.25, -0.2) is 0 Å². The van der Waals surface area contributed by atoms with Crippen molar-refractivity contribution in [2.24, 2.45) is 5.73 Å². The zero-order valence-corrected chi connectivity index (χ0v) is 13.3. The van der Waals surface area contributed by atoms with Crippen molar-refractivity contribution >= 4 is 17.2 Å². The molecule has 4 heteroatoms. The predicted molar refractivity (Wildman–Crippen MR) is 91.3 cm³/mol. The number of thiocarbonyl (C=S) groups is 1. The lowest BCUT2D eigenvalue weighted by Gasteiger charge is -2.27. The maximum atomic E-state index is 5.97. The highest BCUT2D eigenvalue weighted by molar-refractivity contribution is 7.80. The Labute approximate surface area is 131 Å². The molecular formula is C17H21N3S. The Morgan fingerprint density at radius 1 is 1.29 bits per heavy atom. The second kappa shape index (κ2) is 7.29. The molecule has 1 atom stereocenters. The minimum Gasteiger partial charge on any atom is -0.392 e. The largest absolute Gasteiger partial charge is 0.392 e. The second-order valence-corrected chi connectivity index (χ2v) is 5.78. The molecular weight excluding hydrogens is 278 g/mol. The van der Waals surface area contributed by atoms with Gasteiger partial charge in [0.1, 0.15) is 0 Å². The summed E-state index contributed by atoms with van der Waals surface area (Å²) in [5, 5.41) is 0. The van der Waals surface area contributed by atoms with E-state index in [1.807, 2.05) is 30.6 Å². The Morgan fingerprint density at radius 3 is 2.62 bits per heavy atom. The molecule has 1 aromatic heterocycles. The van der Waals surface area contributed by atoms with Crippen LogP contribution in [-0.2, 0) is 6.42 Å². The van der Waals surface area contributed by atoms with E-state index in [9.17, 15) is 0 Å². The molecule has 0 bridgehead atoms. The summed E-state index contributed by atoms with van der Waals surface area (Å²) in [6, 6.07) is 12.4. The monoisotopic (exact) mass is 299 g/mol. The van der Waals surface area contributed by atoms with Crippen LogP contribution in [0.25, 0.3) is 0 Å². The fourth-order valence-electron chi connectivity index (χ4n) is 2.46. The zero-order valence-electron chi connectivity index (χ0n) is 12.5. The summed E-state index contributed by atoms with van der Waals surface area (Å²) in [5.74, 6) is 0. The van der Waals surface area contributed by atoms with Crippen molar-refractivity contribution in [3.63, 3.8) is 0 Å². The Bertz CT molecular complexity index is 598. The van der Waals surface area contributed by atoms with Crippen molar-refractivity contribution in [1.29, 1.82) is 0 Å². The highest BCUT2D eigenvalue weighted by Crippen LogP contribution is 2.21. The maximum Gasteiger partial charge on any atom is 0.0948 e. The van der Waals surface area contributed by atoms with Gasteiger partial charge >= 0.3 is 0 Å². The summed E-state index contributed by atoms with van der Waals surface area (Å²) < 4.78 is 0. The third kappa shape index (κ3) is 4.34. The van der Waals surface area contributed by atoms with Crippen LogP contribution in [0.3, 0.4) is 0 Å². The van der Waals surface area contributed by atoms with Gasteiger partial charge in [-0.15, -0.1) is 0 Å². The number of hydrogen-bond acceptors (Lipinski definition) is 3. The van der Waals surface area contributed by atoms with Crippen LogP contribution >= 0.6 is 12.2 Å². The first kappa shape index (κ1) is 15.6. The molecule has 1 heterocycles. The van der Waals surface area contributed by atoms with Crippen molar-refractivity contribution in [2.75, 3.05) is 13.6 Å². The van der Waals surface area contributed by atoms with E-state index in [4.69, 9.17) is 18.0 Å². The van der Waals surface area contributed by atoms with Gasteiger partial charge in [0.05, 0.1) is 11.0 Å². The van der Waals surface area contributed by atoms with Crippen LogP contribution in [0.1, 0.15) is 22.7 Å². The van der Waals surface area contributed by atoms with Crippen LogP contribution in [0, 0.1) is 6.92 Å². The summed E-state index contributed by atoms with van der Waals surface area (Å²) in [4.78, 5) is 6.76. The molecule has 0 saturated heterocycles. The minimum absolute atomic E-state index is 0.0262. The standard InChI is InChI=1S/C17H21N3S/c1-13-4-3-5-15(12-13)16(17(18)21)20(2)11-8-14-6-9-19-10-7-14/h3-7,9-10,12,16H,8,11H2,1-2H3,(H2,18,21). The van der Waals surface area contributed by atoms with Gasteiger partial charge in [0.2, 0.25) is 0 Å². The van der Waals surface area contributed by atoms with Crippen LogP contribution in [0.15, 0.2) is 48.8 Å². The third-order valence-corrected chi connectivity index (χ3v) is 3.79. The van der Waals surface area contributed by atoms with Crippen LogP contribution < -0.4 is 5.73 Å². The van der Waals surface area contributed by atoms with E-state index >= 15 is 0 Å². The maximum absolute atomic E-state index is 5.97.